The van der Waals surface area contributed by atoms with Gasteiger partial charge >= 0.3 is 0 Å². The zero-order valence-corrected chi connectivity index (χ0v) is 13.9. The van der Waals surface area contributed by atoms with Gasteiger partial charge < -0.3 is 9.52 Å². The van der Waals surface area contributed by atoms with Gasteiger partial charge in [-0.1, -0.05) is 13.0 Å². The molecule has 0 radical (unpaired) electrons. The number of halogens is 1. The van der Waals surface area contributed by atoms with E-state index in [-0.39, 0.29) is 18.0 Å². The van der Waals surface area contributed by atoms with E-state index in [9.17, 15) is 13.5 Å². The fourth-order valence-electron chi connectivity index (χ4n) is 1.93. The summed E-state index contributed by atoms with van der Waals surface area (Å²) in [5, 5.41) is 9.18. The molecule has 0 unspecified atom stereocenters. The molecule has 0 spiro atoms. The maximum absolute atomic E-state index is 12.8. The Hall–Kier alpha value is -1.15. The number of hydrogen-bond acceptors (Lipinski definition) is 4. The predicted octanol–water partition coefficient (Wildman–Crippen LogP) is 2.75. The van der Waals surface area contributed by atoms with Gasteiger partial charge in [0, 0.05) is 11.0 Å². The lowest BCUT2D eigenvalue weighted by Gasteiger charge is -2.20. The molecule has 0 atom stereocenters. The Morgan fingerprint density at radius 3 is 2.67 bits per heavy atom. The van der Waals surface area contributed by atoms with Crippen LogP contribution in [0, 0.1) is 0 Å². The zero-order chi connectivity index (χ0) is 15.5. The molecule has 1 N–H and O–H groups in total. The van der Waals surface area contributed by atoms with Crippen LogP contribution in [-0.2, 0) is 23.2 Å². The molecular weight excluding hydrogens is 358 g/mol. The first kappa shape index (κ1) is 16.2. The summed E-state index contributed by atoms with van der Waals surface area (Å²) in [4.78, 5) is 0.141. The lowest BCUT2D eigenvalue weighted by atomic mass is 10.2. The van der Waals surface area contributed by atoms with Crippen molar-refractivity contribution >= 4 is 26.0 Å². The molecule has 0 aliphatic rings. The van der Waals surface area contributed by atoms with E-state index in [1.807, 2.05) is 0 Å². The van der Waals surface area contributed by atoms with E-state index < -0.39 is 10.0 Å². The second-order valence-corrected chi connectivity index (χ2v) is 7.19. The summed E-state index contributed by atoms with van der Waals surface area (Å²) >= 11 is 3.26. The molecule has 2 aromatic rings. The van der Waals surface area contributed by atoms with Crippen molar-refractivity contribution in [3.05, 3.63) is 52.4 Å². The first-order valence-electron chi connectivity index (χ1n) is 6.41. The van der Waals surface area contributed by atoms with Crippen LogP contribution in [0.25, 0.3) is 0 Å². The summed E-state index contributed by atoms with van der Waals surface area (Å²) in [6, 6.07) is 8.23. The summed E-state index contributed by atoms with van der Waals surface area (Å²) in [5.41, 5.74) is 0.547. The first-order chi connectivity index (χ1) is 9.98. The van der Waals surface area contributed by atoms with Crippen molar-refractivity contribution in [1.29, 1.82) is 0 Å². The van der Waals surface area contributed by atoms with Gasteiger partial charge in [0.2, 0.25) is 10.0 Å². The summed E-state index contributed by atoms with van der Waals surface area (Å²) < 4.78 is 32.5. The smallest absolute Gasteiger partial charge is 0.244 e. The predicted molar refractivity (Wildman–Crippen MR) is 82.0 cm³/mol. The van der Waals surface area contributed by atoms with Gasteiger partial charge in [0.05, 0.1) is 24.3 Å². The van der Waals surface area contributed by atoms with Crippen LogP contribution < -0.4 is 0 Å². The van der Waals surface area contributed by atoms with Crippen LogP contribution in [0.2, 0.25) is 0 Å². The van der Waals surface area contributed by atoms with E-state index in [0.717, 1.165) is 0 Å². The highest BCUT2D eigenvalue weighted by atomic mass is 79.9. The normalized spacial score (nSPS) is 12.0. The molecule has 0 aliphatic heterocycles. The van der Waals surface area contributed by atoms with Gasteiger partial charge in [-0.05, 0) is 45.8 Å². The third kappa shape index (κ3) is 3.55. The second kappa shape index (κ2) is 6.74. The molecule has 21 heavy (non-hydrogen) atoms. The maximum atomic E-state index is 12.8. The maximum Gasteiger partial charge on any atom is 0.244 e. The number of hydrogen-bond donors (Lipinski definition) is 1. The van der Waals surface area contributed by atoms with E-state index in [1.54, 1.807) is 31.2 Å². The number of nitrogens with zero attached hydrogens (tertiary/aromatic N) is 1. The molecule has 1 heterocycles. The Bertz CT molecular complexity index is 698. The van der Waals surface area contributed by atoms with Crippen LogP contribution in [-0.4, -0.2) is 24.4 Å². The molecule has 7 heteroatoms. The van der Waals surface area contributed by atoms with Crippen LogP contribution in [0.4, 0.5) is 0 Å². The highest BCUT2D eigenvalue weighted by Crippen LogP contribution is 2.27. The molecule has 5 nitrogen and oxygen atoms in total. The quantitative estimate of drug-likeness (QED) is 0.844. The molecule has 2 rings (SSSR count). The molecule has 0 amide bonds. The summed E-state index contributed by atoms with van der Waals surface area (Å²) in [7, 11) is -3.68. The van der Waals surface area contributed by atoms with Gasteiger partial charge in [-0.3, -0.25) is 0 Å². The number of benzene rings is 1. The van der Waals surface area contributed by atoms with Gasteiger partial charge in [0.15, 0.2) is 0 Å². The largest absolute Gasteiger partial charge is 0.468 e. The van der Waals surface area contributed by atoms with Crippen molar-refractivity contribution in [1.82, 2.24) is 4.31 Å². The first-order valence-corrected chi connectivity index (χ1v) is 8.64. The van der Waals surface area contributed by atoms with Gasteiger partial charge in [-0.2, -0.15) is 4.31 Å². The summed E-state index contributed by atoms with van der Waals surface area (Å²) in [6.45, 7) is 2.05. The molecule has 114 valence electrons. The molecule has 0 aliphatic carbocycles. The van der Waals surface area contributed by atoms with Gasteiger partial charge in [0.25, 0.3) is 0 Å². The van der Waals surface area contributed by atoms with Crippen LogP contribution in [0.15, 0.2) is 50.4 Å². The number of aliphatic hydroxyl groups is 1. The third-order valence-electron chi connectivity index (χ3n) is 3.06. The lowest BCUT2D eigenvalue weighted by molar-refractivity contribution is 0.281. The van der Waals surface area contributed by atoms with Crippen LogP contribution in [0.5, 0.6) is 0 Å². The Kier molecular flexibility index (Phi) is 5.21. The minimum atomic E-state index is -3.68. The van der Waals surface area contributed by atoms with E-state index >= 15 is 0 Å². The fourth-order valence-corrected chi connectivity index (χ4v) is 4.32. The van der Waals surface area contributed by atoms with Crippen LogP contribution in [0.3, 0.4) is 0 Å². The Labute approximate surface area is 132 Å². The number of aliphatic hydroxyl groups excluding tert-OH is 1. The van der Waals surface area contributed by atoms with E-state index in [0.29, 0.717) is 22.3 Å². The topological polar surface area (TPSA) is 70.8 Å². The van der Waals surface area contributed by atoms with E-state index in [4.69, 9.17) is 4.42 Å². The van der Waals surface area contributed by atoms with Crippen molar-refractivity contribution in [2.24, 2.45) is 0 Å². The highest BCUT2D eigenvalue weighted by Gasteiger charge is 2.26. The van der Waals surface area contributed by atoms with Gasteiger partial charge in [0.1, 0.15) is 5.76 Å². The van der Waals surface area contributed by atoms with Crippen molar-refractivity contribution in [2.45, 2.75) is 25.0 Å². The minimum Gasteiger partial charge on any atom is -0.468 e. The zero-order valence-electron chi connectivity index (χ0n) is 11.5. The van der Waals surface area contributed by atoms with Crippen molar-refractivity contribution < 1.29 is 17.9 Å². The monoisotopic (exact) mass is 373 g/mol. The van der Waals surface area contributed by atoms with Crippen molar-refractivity contribution in [3.63, 3.8) is 0 Å². The van der Waals surface area contributed by atoms with Gasteiger partial charge in [-0.25, -0.2) is 8.42 Å². The second-order valence-electron chi connectivity index (χ2n) is 4.43. The molecular formula is C14H16BrNO4S. The molecule has 1 aromatic heterocycles. The molecule has 0 saturated heterocycles. The highest BCUT2D eigenvalue weighted by molar-refractivity contribution is 9.10. The van der Waals surface area contributed by atoms with Crippen LogP contribution >= 0.6 is 15.9 Å². The van der Waals surface area contributed by atoms with Crippen LogP contribution in [0.1, 0.15) is 18.2 Å². The Balaban J connectivity index is 2.39. The number of furan rings is 1. The molecule has 0 fully saturated rings. The SMILES string of the molecule is CCN(Cc1ccco1)S(=O)(=O)c1cc(CO)ccc1Br. The molecule has 0 saturated carbocycles. The minimum absolute atomic E-state index is 0.141. The van der Waals surface area contributed by atoms with E-state index in [1.165, 1.54) is 16.6 Å². The van der Waals surface area contributed by atoms with E-state index in [2.05, 4.69) is 15.9 Å². The number of sulfonamides is 1. The Morgan fingerprint density at radius 1 is 1.33 bits per heavy atom. The Morgan fingerprint density at radius 2 is 2.10 bits per heavy atom. The number of rotatable bonds is 6. The standard InChI is InChI=1S/C14H16BrNO4S/c1-2-16(9-12-4-3-7-20-12)21(18,19)14-8-11(10-17)5-6-13(14)15/h3-8,17H,2,9-10H2,1H3. The molecule has 1 aromatic carbocycles. The van der Waals surface area contributed by atoms with Crippen molar-refractivity contribution in [3.8, 4) is 0 Å². The average Bonchev–Trinajstić information content (AvgIpc) is 2.98. The summed E-state index contributed by atoms with van der Waals surface area (Å²) in [6.07, 6.45) is 1.51. The van der Waals surface area contributed by atoms with Crippen molar-refractivity contribution in [2.75, 3.05) is 6.54 Å². The molecule has 0 bridgehead atoms. The summed E-state index contributed by atoms with van der Waals surface area (Å²) in [5.74, 6) is 0.579. The lowest BCUT2D eigenvalue weighted by Crippen LogP contribution is -2.30. The van der Waals surface area contributed by atoms with Gasteiger partial charge in [-0.15, -0.1) is 0 Å². The fraction of sp³-hybridized carbons (Fsp3) is 0.286. The third-order valence-corrected chi connectivity index (χ3v) is 5.98. The average molecular weight is 374 g/mol.